The van der Waals surface area contributed by atoms with Crippen LogP contribution in [-0.4, -0.2) is 21.5 Å². The number of benzene rings is 1. The summed E-state index contributed by atoms with van der Waals surface area (Å²) in [6, 6.07) is 14.7. The van der Waals surface area contributed by atoms with Crippen molar-refractivity contribution >= 4 is 17.4 Å². The molecule has 2 aromatic heterocycles. The molecule has 3 heterocycles. The van der Waals surface area contributed by atoms with Crippen molar-refractivity contribution < 1.29 is 4.79 Å². The van der Waals surface area contributed by atoms with Crippen LogP contribution in [0.3, 0.4) is 0 Å². The highest BCUT2D eigenvalue weighted by Gasteiger charge is 2.36. The van der Waals surface area contributed by atoms with E-state index in [4.69, 9.17) is 0 Å². The molecule has 1 aliphatic heterocycles. The first kappa shape index (κ1) is 18.5. The molecule has 0 radical (unpaired) electrons. The lowest BCUT2D eigenvalue weighted by atomic mass is 9.95. The number of urea groups is 1. The Hall–Kier alpha value is -2.53. The zero-order valence-corrected chi connectivity index (χ0v) is 17.8. The second kappa shape index (κ2) is 7.38. The summed E-state index contributed by atoms with van der Waals surface area (Å²) >= 11 is 1.93. The van der Waals surface area contributed by atoms with Gasteiger partial charge < -0.3 is 14.8 Å². The first-order valence-electron chi connectivity index (χ1n) is 10.6. The smallest absolute Gasteiger partial charge is 0.318 e. The van der Waals surface area contributed by atoms with Gasteiger partial charge in [-0.15, -0.1) is 11.3 Å². The van der Waals surface area contributed by atoms with Gasteiger partial charge in [0.15, 0.2) is 0 Å². The van der Waals surface area contributed by atoms with Gasteiger partial charge in [-0.3, -0.25) is 0 Å². The molecule has 0 saturated heterocycles. The second-order valence-electron chi connectivity index (χ2n) is 8.34. The third-order valence-corrected chi connectivity index (χ3v) is 7.30. The van der Waals surface area contributed by atoms with Crippen LogP contribution in [0.4, 0.5) is 4.79 Å². The van der Waals surface area contributed by atoms with E-state index in [1.54, 1.807) is 0 Å². The normalized spacial score (nSPS) is 18.0. The van der Waals surface area contributed by atoms with Crippen LogP contribution in [0.1, 0.15) is 60.0 Å². The summed E-state index contributed by atoms with van der Waals surface area (Å²) in [4.78, 5) is 16.9. The molecule has 2 amide bonds. The Labute approximate surface area is 176 Å². The average molecular weight is 406 g/mol. The van der Waals surface area contributed by atoms with Crippen LogP contribution in [0.2, 0.25) is 0 Å². The molecule has 3 aromatic rings. The highest BCUT2D eigenvalue weighted by atomic mass is 32.1. The number of rotatable bonds is 2. The summed E-state index contributed by atoms with van der Waals surface area (Å²) in [5.41, 5.74) is 5.15. The Morgan fingerprint density at radius 3 is 2.66 bits per heavy atom. The highest BCUT2D eigenvalue weighted by Crippen LogP contribution is 2.43. The van der Waals surface area contributed by atoms with Crippen LogP contribution >= 0.6 is 11.3 Å². The van der Waals surface area contributed by atoms with Crippen molar-refractivity contribution in [1.29, 1.82) is 0 Å². The second-order valence-corrected chi connectivity index (χ2v) is 9.43. The monoisotopic (exact) mass is 405 g/mol. The number of nitrogens with one attached hydrogen (secondary N) is 1. The van der Waals surface area contributed by atoms with E-state index in [-0.39, 0.29) is 18.1 Å². The Balaban J connectivity index is 1.70. The SMILES string of the molecule is CC(C)NC(=O)N1Cc2c(sc3c2CCCC3)-n2cccc2C1c1ccccc1. The summed E-state index contributed by atoms with van der Waals surface area (Å²) in [6.45, 7) is 4.70. The first-order valence-corrected chi connectivity index (χ1v) is 11.4. The minimum absolute atomic E-state index is 0.00483. The van der Waals surface area contributed by atoms with Gasteiger partial charge in [-0.25, -0.2) is 4.79 Å². The number of aryl methyl sites for hydroxylation is 1. The molecule has 0 bridgehead atoms. The predicted octanol–water partition coefficient (Wildman–Crippen LogP) is 5.44. The number of nitrogens with zero attached hydrogens (tertiary/aromatic N) is 2. The van der Waals surface area contributed by atoms with Gasteiger partial charge in [0.2, 0.25) is 0 Å². The molecule has 5 rings (SSSR count). The van der Waals surface area contributed by atoms with Crippen LogP contribution in [0, 0.1) is 0 Å². The van der Waals surface area contributed by atoms with Crippen molar-refractivity contribution in [3.8, 4) is 5.00 Å². The average Bonchev–Trinajstić information content (AvgIpc) is 3.30. The largest absolute Gasteiger partial charge is 0.336 e. The molecular formula is C24H27N3OS. The molecule has 0 saturated carbocycles. The van der Waals surface area contributed by atoms with Crippen molar-refractivity contribution in [1.82, 2.24) is 14.8 Å². The Kier molecular flexibility index (Phi) is 4.70. The van der Waals surface area contributed by atoms with Gasteiger partial charge in [-0.05, 0) is 62.8 Å². The van der Waals surface area contributed by atoms with Gasteiger partial charge >= 0.3 is 6.03 Å². The number of carbonyl (C=O) groups is 1. The van der Waals surface area contributed by atoms with E-state index < -0.39 is 0 Å². The third-order valence-electron chi connectivity index (χ3n) is 5.97. The van der Waals surface area contributed by atoms with Gasteiger partial charge in [-0.1, -0.05) is 30.3 Å². The van der Waals surface area contributed by atoms with Gasteiger partial charge in [0.1, 0.15) is 5.00 Å². The maximum atomic E-state index is 13.4. The highest BCUT2D eigenvalue weighted by molar-refractivity contribution is 7.15. The van der Waals surface area contributed by atoms with Crippen LogP contribution in [0.25, 0.3) is 5.00 Å². The number of aromatic nitrogens is 1. The van der Waals surface area contributed by atoms with Gasteiger partial charge in [0, 0.05) is 22.7 Å². The molecule has 4 nitrogen and oxygen atoms in total. The zero-order valence-electron chi connectivity index (χ0n) is 17.0. The van der Waals surface area contributed by atoms with Crippen molar-refractivity contribution in [3.63, 3.8) is 0 Å². The van der Waals surface area contributed by atoms with Gasteiger partial charge in [-0.2, -0.15) is 0 Å². The van der Waals surface area contributed by atoms with Crippen molar-refractivity contribution in [3.05, 3.63) is 75.9 Å². The Morgan fingerprint density at radius 1 is 1.07 bits per heavy atom. The Morgan fingerprint density at radius 2 is 1.86 bits per heavy atom. The van der Waals surface area contributed by atoms with Crippen molar-refractivity contribution in [2.24, 2.45) is 0 Å². The lowest BCUT2D eigenvalue weighted by Crippen LogP contribution is -2.44. The first-order chi connectivity index (χ1) is 14.1. The van der Waals surface area contributed by atoms with Crippen LogP contribution in [-0.2, 0) is 19.4 Å². The van der Waals surface area contributed by atoms with Gasteiger partial charge in [0.05, 0.1) is 18.3 Å². The number of thiophene rings is 1. The van der Waals surface area contributed by atoms with E-state index in [1.165, 1.54) is 40.3 Å². The molecule has 0 spiro atoms. The quantitative estimate of drug-likeness (QED) is 0.606. The molecule has 1 unspecified atom stereocenters. The van der Waals surface area contributed by atoms with Crippen LogP contribution < -0.4 is 5.32 Å². The van der Waals surface area contributed by atoms with E-state index in [0.29, 0.717) is 6.54 Å². The summed E-state index contributed by atoms with van der Waals surface area (Å²) in [5.74, 6) is 0. The number of hydrogen-bond donors (Lipinski definition) is 1. The molecule has 150 valence electrons. The van der Waals surface area contributed by atoms with E-state index in [1.807, 2.05) is 36.2 Å². The minimum Gasteiger partial charge on any atom is -0.336 e. The fourth-order valence-electron chi connectivity index (χ4n) is 4.70. The lowest BCUT2D eigenvalue weighted by Gasteiger charge is -2.32. The molecule has 29 heavy (non-hydrogen) atoms. The number of carbonyl (C=O) groups excluding carboxylic acids is 1. The third kappa shape index (κ3) is 3.18. The maximum Gasteiger partial charge on any atom is 0.318 e. The molecule has 1 aliphatic carbocycles. The zero-order chi connectivity index (χ0) is 20.0. The lowest BCUT2D eigenvalue weighted by molar-refractivity contribution is 0.178. The summed E-state index contributed by atoms with van der Waals surface area (Å²) in [5, 5.41) is 4.45. The predicted molar refractivity (Wildman–Crippen MR) is 118 cm³/mol. The topological polar surface area (TPSA) is 37.3 Å². The Bertz CT molecular complexity index is 1030. The van der Waals surface area contributed by atoms with Crippen molar-refractivity contribution in [2.45, 2.75) is 58.2 Å². The fraction of sp³-hybridized carbons (Fsp3) is 0.375. The van der Waals surface area contributed by atoms with E-state index >= 15 is 0 Å². The van der Waals surface area contributed by atoms with Crippen LogP contribution in [0.15, 0.2) is 48.7 Å². The molecule has 5 heteroatoms. The van der Waals surface area contributed by atoms with E-state index in [2.05, 4.69) is 52.5 Å². The van der Waals surface area contributed by atoms with Crippen LogP contribution in [0.5, 0.6) is 0 Å². The number of hydrogen-bond acceptors (Lipinski definition) is 2. The molecule has 1 N–H and O–H groups in total. The minimum atomic E-state index is -0.108. The maximum absolute atomic E-state index is 13.4. The van der Waals surface area contributed by atoms with Crippen molar-refractivity contribution in [2.75, 3.05) is 0 Å². The van der Waals surface area contributed by atoms with E-state index in [9.17, 15) is 4.79 Å². The number of fused-ring (bicyclic) bond motifs is 5. The summed E-state index contributed by atoms with van der Waals surface area (Å²) in [7, 11) is 0. The standard InChI is InChI=1S/C24H27N3OS/c1-16(2)25-24(28)27-15-19-18-11-6-7-13-21(18)29-23(19)26-14-8-12-20(26)22(27)17-9-4-3-5-10-17/h3-5,8-10,12,14,16,22H,6-7,11,13,15H2,1-2H3,(H,25,28). The molecule has 1 aromatic carbocycles. The molecule has 0 fully saturated rings. The molecular weight excluding hydrogens is 378 g/mol. The summed E-state index contributed by atoms with van der Waals surface area (Å²) < 4.78 is 2.33. The van der Waals surface area contributed by atoms with Gasteiger partial charge in [0.25, 0.3) is 0 Å². The van der Waals surface area contributed by atoms with E-state index in [0.717, 1.165) is 17.7 Å². The molecule has 2 aliphatic rings. The molecule has 1 atom stereocenters. The summed E-state index contributed by atoms with van der Waals surface area (Å²) in [6.07, 6.45) is 6.98. The number of amides is 2. The fourth-order valence-corrected chi connectivity index (χ4v) is 6.11.